The molecule has 0 aromatic heterocycles. The molecule has 7 nitrogen and oxygen atoms in total. The van der Waals surface area contributed by atoms with Gasteiger partial charge in [0.2, 0.25) is 21.8 Å². The Morgan fingerprint density at radius 2 is 1.64 bits per heavy atom. The van der Waals surface area contributed by atoms with Crippen molar-refractivity contribution >= 4 is 55.8 Å². The summed E-state index contributed by atoms with van der Waals surface area (Å²) in [7, 11) is -2.60. The zero-order chi connectivity index (χ0) is 28.2. The van der Waals surface area contributed by atoms with E-state index >= 15 is 0 Å². The molecule has 1 saturated carbocycles. The lowest BCUT2D eigenvalue weighted by molar-refractivity contribution is -0.141. The fraction of sp³-hybridized carbons (Fsp3) is 0.379. The molecule has 1 fully saturated rings. The Bertz CT molecular complexity index is 1460. The van der Waals surface area contributed by atoms with Crippen molar-refractivity contribution in [3.05, 3.63) is 76.3 Å². The van der Waals surface area contributed by atoms with E-state index < -0.39 is 28.5 Å². The lowest BCUT2D eigenvalue weighted by Crippen LogP contribution is -2.52. The van der Waals surface area contributed by atoms with Crippen LogP contribution in [-0.4, -0.2) is 55.1 Å². The molecule has 2 amide bonds. The minimum atomic E-state index is -3.97. The van der Waals surface area contributed by atoms with Crippen LogP contribution < -0.4 is 5.32 Å². The third kappa shape index (κ3) is 7.11. The molecule has 10 heteroatoms. The second-order valence-corrected chi connectivity index (χ2v) is 12.9. The average molecular weight is 591 g/mol. The van der Waals surface area contributed by atoms with Gasteiger partial charge in [0.05, 0.1) is 21.5 Å². The van der Waals surface area contributed by atoms with Crippen molar-refractivity contribution < 1.29 is 18.0 Å². The van der Waals surface area contributed by atoms with E-state index in [9.17, 15) is 18.0 Å². The van der Waals surface area contributed by atoms with Gasteiger partial charge in [-0.25, -0.2) is 8.42 Å². The lowest BCUT2D eigenvalue weighted by atomic mass is 9.95. The van der Waals surface area contributed by atoms with E-state index in [1.807, 2.05) is 24.3 Å². The molecule has 0 heterocycles. The van der Waals surface area contributed by atoms with Crippen molar-refractivity contribution in [1.29, 1.82) is 0 Å². The van der Waals surface area contributed by atoms with E-state index in [-0.39, 0.29) is 23.4 Å². The molecule has 0 unspecified atom stereocenters. The Morgan fingerprint density at radius 3 is 2.33 bits per heavy atom. The van der Waals surface area contributed by atoms with Gasteiger partial charge >= 0.3 is 0 Å². The molecule has 0 aliphatic heterocycles. The van der Waals surface area contributed by atoms with Crippen LogP contribution in [0.5, 0.6) is 0 Å². The van der Waals surface area contributed by atoms with Gasteiger partial charge in [0, 0.05) is 19.6 Å². The van der Waals surface area contributed by atoms with E-state index in [1.54, 1.807) is 37.3 Å². The maximum atomic E-state index is 13.6. The summed E-state index contributed by atoms with van der Waals surface area (Å²) in [5.41, 5.74) is 0.676. The molecule has 1 N–H and O–H groups in total. The first kappa shape index (κ1) is 29.3. The van der Waals surface area contributed by atoms with Gasteiger partial charge in [-0.05, 0) is 60.4 Å². The van der Waals surface area contributed by atoms with Crippen LogP contribution in [0.2, 0.25) is 10.0 Å². The zero-order valence-electron chi connectivity index (χ0n) is 22.1. The van der Waals surface area contributed by atoms with Crippen molar-refractivity contribution in [3.63, 3.8) is 0 Å². The predicted molar refractivity (Wildman–Crippen MR) is 155 cm³/mol. The molecule has 39 heavy (non-hydrogen) atoms. The molecular weight excluding hydrogens is 557 g/mol. The number of nitrogens with one attached hydrogen (secondary N) is 1. The standard InChI is InChI=1S/C29H33Cl2N3O4S/c1-20(29(36)32-24-10-4-3-5-11-24)34(18-21-12-15-26(30)27(31)16-21)28(35)19-33(2)39(37,38)25-14-13-22-8-6-7-9-23(22)17-25/h6-9,12-17,20,24H,3-5,10-11,18-19H2,1-2H3,(H,32,36)/t20-/m1/s1. The molecule has 1 aliphatic carbocycles. The number of rotatable bonds is 9. The third-order valence-corrected chi connectivity index (χ3v) is 9.78. The summed E-state index contributed by atoms with van der Waals surface area (Å²) in [5.74, 6) is -0.769. The number of carbonyl (C=O) groups is 2. The number of carbonyl (C=O) groups excluding carboxylic acids is 2. The van der Waals surface area contributed by atoms with Crippen molar-refractivity contribution in [2.45, 2.75) is 62.6 Å². The average Bonchev–Trinajstić information content (AvgIpc) is 2.93. The number of halogens is 2. The Morgan fingerprint density at radius 1 is 0.949 bits per heavy atom. The summed E-state index contributed by atoms with van der Waals surface area (Å²) < 4.78 is 27.8. The number of likely N-dealkylation sites (N-methyl/N-ethyl adjacent to an activating group) is 1. The predicted octanol–water partition coefficient (Wildman–Crippen LogP) is 5.63. The number of amides is 2. The van der Waals surface area contributed by atoms with Crippen LogP contribution >= 0.6 is 23.2 Å². The molecular formula is C29H33Cl2N3O4S. The smallest absolute Gasteiger partial charge is 0.243 e. The highest BCUT2D eigenvalue weighted by atomic mass is 35.5. The second kappa shape index (κ2) is 12.7. The SMILES string of the molecule is C[C@H](C(=O)NC1CCCCC1)N(Cc1ccc(Cl)c(Cl)c1)C(=O)CN(C)S(=O)(=O)c1ccc2ccccc2c1. The van der Waals surface area contributed by atoms with Crippen molar-refractivity contribution in [3.8, 4) is 0 Å². The van der Waals surface area contributed by atoms with E-state index in [1.165, 1.54) is 18.0 Å². The Hall–Kier alpha value is -2.65. The van der Waals surface area contributed by atoms with Crippen molar-refractivity contribution in [1.82, 2.24) is 14.5 Å². The van der Waals surface area contributed by atoms with Crippen LogP contribution in [-0.2, 0) is 26.2 Å². The van der Waals surface area contributed by atoms with Gasteiger partial charge in [-0.1, -0.05) is 78.9 Å². The topological polar surface area (TPSA) is 86.8 Å². The van der Waals surface area contributed by atoms with Crippen LogP contribution in [0.15, 0.2) is 65.6 Å². The van der Waals surface area contributed by atoms with Gasteiger partial charge in [0.15, 0.2) is 0 Å². The Kier molecular flexibility index (Phi) is 9.54. The fourth-order valence-electron chi connectivity index (χ4n) is 4.86. The highest BCUT2D eigenvalue weighted by Crippen LogP contribution is 2.25. The Balaban J connectivity index is 1.55. The summed E-state index contributed by atoms with van der Waals surface area (Å²) >= 11 is 12.3. The minimum Gasteiger partial charge on any atom is -0.352 e. The molecule has 1 aliphatic rings. The summed E-state index contributed by atoms with van der Waals surface area (Å²) in [6.07, 6.45) is 5.09. The van der Waals surface area contributed by atoms with E-state index in [0.29, 0.717) is 15.6 Å². The third-order valence-electron chi connectivity index (χ3n) is 7.24. The highest BCUT2D eigenvalue weighted by Gasteiger charge is 2.31. The van der Waals surface area contributed by atoms with Gasteiger partial charge in [-0.2, -0.15) is 4.31 Å². The maximum absolute atomic E-state index is 13.6. The first-order valence-corrected chi connectivity index (χ1v) is 15.2. The summed E-state index contributed by atoms with van der Waals surface area (Å²) in [4.78, 5) is 28.3. The lowest BCUT2D eigenvalue weighted by Gasteiger charge is -2.32. The van der Waals surface area contributed by atoms with Crippen molar-refractivity contribution in [2.24, 2.45) is 0 Å². The number of hydrogen-bond acceptors (Lipinski definition) is 4. The first-order valence-electron chi connectivity index (χ1n) is 13.0. The van der Waals surface area contributed by atoms with E-state index in [4.69, 9.17) is 23.2 Å². The number of benzene rings is 3. The normalized spacial score (nSPS) is 15.3. The summed E-state index contributed by atoms with van der Waals surface area (Å²) in [6.45, 7) is 1.29. The van der Waals surface area contributed by atoms with E-state index in [0.717, 1.165) is 47.2 Å². The highest BCUT2D eigenvalue weighted by molar-refractivity contribution is 7.89. The molecule has 208 valence electrons. The van der Waals surface area contributed by atoms with Crippen molar-refractivity contribution in [2.75, 3.05) is 13.6 Å². The zero-order valence-corrected chi connectivity index (χ0v) is 24.4. The molecule has 3 aromatic rings. The van der Waals surface area contributed by atoms with Crippen LogP contribution in [0.4, 0.5) is 0 Å². The van der Waals surface area contributed by atoms with Gasteiger partial charge in [0.25, 0.3) is 0 Å². The number of sulfonamides is 1. The van der Waals surface area contributed by atoms with Crippen LogP contribution in [0, 0.1) is 0 Å². The van der Waals surface area contributed by atoms with Crippen LogP contribution in [0.25, 0.3) is 10.8 Å². The molecule has 1 atom stereocenters. The fourth-order valence-corrected chi connectivity index (χ4v) is 6.34. The monoisotopic (exact) mass is 589 g/mol. The van der Waals surface area contributed by atoms with Crippen LogP contribution in [0.3, 0.4) is 0 Å². The molecule has 3 aromatic carbocycles. The molecule has 4 rings (SSSR count). The number of hydrogen-bond donors (Lipinski definition) is 1. The van der Waals surface area contributed by atoms with Gasteiger partial charge < -0.3 is 10.2 Å². The summed E-state index contributed by atoms with van der Waals surface area (Å²) in [6, 6.07) is 16.6. The van der Waals surface area contributed by atoms with Gasteiger partial charge in [-0.3, -0.25) is 9.59 Å². The minimum absolute atomic E-state index is 0.0683. The second-order valence-electron chi connectivity index (χ2n) is 10.1. The van der Waals surface area contributed by atoms with Gasteiger partial charge in [-0.15, -0.1) is 0 Å². The number of fused-ring (bicyclic) bond motifs is 1. The largest absolute Gasteiger partial charge is 0.352 e. The molecule has 0 spiro atoms. The summed E-state index contributed by atoms with van der Waals surface area (Å²) in [5, 5.41) is 5.48. The molecule has 0 radical (unpaired) electrons. The Labute approximate surface area is 240 Å². The maximum Gasteiger partial charge on any atom is 0.243 e. The number of nitrogens with zero attached hydrogens (tertiary/aromatic N) is 2. The quantitative estimate of drug-likeness (QED) is 0.350. The van der Waals surface area contributed by atoms with Gasteiger partial charge in [0.1, 0.15) is 6.04 Å². The van der Waals surface area contributed by atoms with E-state index in [2.05, 4.69) is 5.32 Å². The molecule has 0 bridgehead atoms. The van der Waals surface area contributed by atoms with Crippen LogP contribution in [0.1, 0.15) is 44.6 Å². The molecule has 0 saturated heterocycles. The first-order chi connectivity index (χ1) is 18.6.